The molecule has 0 spiro atoms. The quantitative estimate of drug-likeness (QED) is 0.588. The maximum atomic E-state index is 11.1. The van der Waals surface area contributed by atoms with Crippen molar-refractivity contribution >= 4 is 5.78 Å². The molecule has 0 saturated heterocycles. The molecule has 11 heavy (non-hydrogen) atoms. The van der Waals surface area contributed by atoms with Crippen molar-refractivity contribution in [2.24, 2.45) is 11.5 Å². The zero-order valence-electron chi connectivity index (χ0n) is 7.18. The van der Waals surface area contributed by atoms with Crippen LogP contribution >= 0.6 is 0 Å². The summed E-state index contributed by atoms with van der Waals surface area (Å²) in [6, 6.07) is -0.258. The summed E-state index contributed by atoms with van der Waals surface area (Å²) in [6.07, 6.45) is 3.06. The van der Waals surface area contributed by atoms with Crippen molar-refractivity contribution in [1.82, 2.24) is 0 Å². The smallest absolute Gasteiger partial charge is 0.149 e. The molecule has 66 valence electrons. The van der Waals surface area contributed by atoms with Gasteiger partial charge in [-0.25, -0.2) is 0 Å². The molecule has 0 rings (SSSR count). The lowest BCUT2D eigenvalue weighted by Gasteiger charge is -2.07. The molecule has 0 aromatic carbocycles. The first kappa shape index (κ1) is 10.6. The maximum absolute atomic E-state index is 11.1. The van der Waals surface area contributed by atoms with E-state index in [4.69, 9.17) is 11.5 Å². The van der Waals surface area contributed by atoms with Crippen molar-refractivity contribution in [3.63, 3.8) is 0 Å². The minimum absolute atomic E-state index is 0.150. The fourth-order valence-electron chi connectivity index (χ4n) is 0.934. The first-order valence-electron chi connectivity index (χ1n) is 4.20. The van der Waals surface area contributed by atoms with E-state index in [1.54, 1.807) is 0 Å². The third kappa shape index (κ3) is 4.93. The molecule has 1 atom stereocenters. The largest absolute Gasteiger partial charge is 0.330 e. The molecule has 0 aliphatic heterocycles. The van der Waals surface area contributed by atoms with E-state index in [1.165, 1.54) is 0 Å². The van der Waals surface area contributed by atoms with Crippen molar-refractivity contribution in [3.05, 3.63) is 0 Å². The predicted octanol–water partition coefficient (Wildman–Crippen LogP) is 0.422. The topological polar surface area (TPSA) is 69.1 Å². The summed E-state index contributed by atoms with van der Waals surface area (Å²) in [6.45, 7) is 2.60. The van der Waals surface area contributed by atoms with Crippen LogP contribution in [-0.4, -0.2) is 18.4 Å². The number of Topliss-reactive ketones (excluding diaryl/α,β-unsaturated/α-hetero) is 1. The molecule has 0 amide bonds. The van der Waals surface area contributed by atoms with Crippen LogP contribution in [0.1, 0.15) is 32.6 Å². The minimum Gasteiger partial charge on any atom is -0.330 e. The summed E-state index contributed by atoms with van der Waals surface area (Å²) in [7, 11) is 0. The first-order chi connectivity index (χ1) is 5.22. The average Bonchev–Trinajstić information content (AvgIpc) is 2.00. The van der Waals surface area contributed by atoms with E-state index in [9.17, 15) is 4.79 Å². The molecule has 0 fully saturated rings. The molecule has 1 unspecified atom stereocenters. The van der Waals surface area contributed by atoms with Crippen LogP contribution < -0.4 is 11.5 Å². The minimum atomic E-state index is -0.258. The summed E-state index contributed by atoms with van der Waals surface area (Å²) in [5.41, 5.74) is 10.8. The van der Waals surface area contributed by atoms with Gasteiger partial charge in [0, 0.05) is 6.42 Å². The van der Waals surface area contributed by atoms with Crippen molar-refractivity contribution < 1.29 is 4.79 Å². The van der Waals surface area contributed by atoms with Crippen LogP contribution in [0.2, 0.25) is 0 Å². The molecule has 0 heterocycles. The van der Waals surface area contributed by atoms with Gasteiger partial charge in [-0.1, -0.05) is 13.3 Å². The van der Waals surface area contributed by atoms with Crippen molar-refractivity contribution in [2.75, 3.05) is 6.54 Å². The second kappa shape index (κ2) is 6.31. The Morgan fingerprint density at radius 3 is 2.64 bits per heavy atom. The standard InChI is InChI=1S/C8H18N2O/c1-2-4-7(10)8(11)5-3-6-9/h7H,2-6,9-10H2,1H3. The molecule has 0 saturated carbocycles. The van der Waals surface area contributed by atoms with Gasteiger partial charge in [-0.2, -0.15) is 0 Å². The second-order valence-electron chi connectivity index (χ2n) is 2.75. The van der Waals surface area contributed by atoms with Gasteiger partial charge in [-0.05, 0) is 19.4 Å². The van der Waals surface area contributed by atoms with Crippen LogP contribution in [0.25, 0.3) is 0 Å². The van der Waals surface area contributed by atoms with E-state index in [-0.39, 0.29) is 11.8 Å². The van der Waals surface area contributed by atoms with Crippen molar-refractivity contribution in [2.45, 2.75) is 38.6 Å². The van der Waals surface area contributed by atoms with E-state index in [2.05, 4.69) is 0 Å². The van der Waals surface area contributed by atoms with Crippen molar-refractivity contribution in [1.29, 1.82) is 0 Å². The molecular formula is C8H18N2O. The van der Waals surface area contributed by atoms with Crippen LogP contribution in [-0.2, 0) is 4.79 Å². The third-order valence-corrected chi connectivity index (χ3v) is 1.64. The van der Waals surface area contributed by atoms with Crippen LogP contribution in [0.3, 0.4) is 0 Å². The fraction of sp³-hybridized carbons (Fsp3) is 0.875. The van der Waals surface area contributed by atoms with Crippen LogP contribution in [0.15, 0.2) is 0 Å². The van der Waals surface area contributed by atoms with E-state index in [1.807, 2.05) is 6.92 Å². The van der Waals surface area contributed by atoms with Crippen molar-refractivity contribution in [3.8, 4) is 0 Å². The lowest BCUT2D eigenvalue weighted by molar-refractivity contribution is -0.120. The fourth-order valence-corrected chi connectivity index (χ4v) is 0.934. The van der Waals surface area contributed by atoms with Gasteiger partial charge < -0.3 is 11.5 Å². The van der Waals surface area contributed by atoms with Gasteiger partial charge in [0.1, 0.15) is 5.78 Å². The Labute approximate surface area is 68.1 Å². The zero-order valence-corrected chi connectivity index (χ0v) is 7.18. The highest BCUT2D eigenvalue weighted by Gasteiger charge is 2.10. The SMILES string of the molecule is CCCC(N)C(=O)CCCN. The summed E-state index contributed by atoms with van der Waals surface area (Å²) in [5, 5.41) is 0. The Morgan fingerprint density at radius 1 is 1.55 bits per heavy atom. The Morgan fingerprint density at radius 2 is 2.18 bits per heavy atom. The van der Waals surface area contributed by atoms with Crippen LogP contribution in [0.5, 0.6) is 0 Å². The molecule has 3 nitrogen and oxygen atoms in total. The summed E-state index contributed by atoms with van der Waals surface area (Å²) >= 11 is 0. The Balaban J connectivity index is 3.47. The molecule has 3 heteroatoms. The Kier molecular flexibility index (Phi) is 6.07. The average molecular weight is 158 g/mol. The Bertz CT molecular complexity index is 115. The number of carbonyl (C=O) groups is 1. The van der Waals surface area contributed by atoms with Gasteiger partial charge in [-0.3, -0.25) is 4.79 Å². The van der Waals surface area contributed by atoms with E-state index in [0.717, 1.165) is 19.3 Å². The zero-order chi connectivity index (χ0) is 8.69. The summed E-state index contributed by atoms with van der Waals surface area (Å²) < 4.78 is 0. The number of ketones is 1. The van der Waals surface area contributed by atoms with Crippen LogP contribution in [0.4, 0.5) is 0 Å². The molecular weight excluding hydrogens is 140 g/mol. The number of rotatable bonds is 6. The lowest BCUT2D eigenvalue weighted by Crippen LogP contribution is -2.30. The first-order valence-corrected chi connectivity index (χ1v) is 4.20. The highest BCUT2D eigenvalue weighted by Crippen LogP contribution is 1.99. The molecule has 0 aliphatic rings. The maximum Gasteiger partial charge on any atom is 0.149 e. The molecule has 0 aromatic heterocycles. The normalized spacial score (nSPS) is 13.0. The van der Waals surface area contributed by atoms with E-state index in [0.29, 0.717) is 13.0 Å². The summed E-state index contributed by atoms with van der Waals surface area (Å²) in [5.74, 6) is 0.150. The van der Waals surface area contributed by atoms with Gasteiger partial charge in [0.25, 0.3) is 0 Å². The van der Waals surface area contributed by atoms with Gasteiger partial charge in [-0.15, -0.1) is 0 Å². The highest BCUT2D eigenvalue weighted by molar-refractivity contribution is 5.83. The van der Waals surface area contributed by atoms with Gasteiger partial charge in [0.15, 0.2) is 0 Å². The van der Waals surface area contributed by atoms with E-state index < -0.39 is 0 Å². The van der Waals surface area contributed by atoms with E-state index >= 15 is 0 Å². The van der Waals surface area contributed by atoms with Crippen LogP contribution in [0, 0.1) is 0 Å². The number of hydrogen-bond donors (Lipinski definition) is 2. The Hall–Kier alpha value is -0.410. The second-order valence-corrected chi connectivity index (χ2v) is 2.75. The van der Waals surface area contributed by atoms with Gasteiger partial charge >= 0.3 is 0 Å². The number of nitrogens with two attached hydrogens (primary N) is 2. The third-order valence-electron chi connectivity index (χ3n) is 1.64. The molecule has 0 aromatic rings. The molecule has 4 N–H and O–H groups in total. The molecule has 0 radical (unpaired) electrons. The lowest BCUT2D eigenvalue weighted by atomic mass is 10.0. The number of carbonyl (C=O) groups excluding carboxylic acids is 1. The molecule has 0 bridgehead atoms. The van der Waals surface area contributed by atoms with Gasteiger partial charge in [0.2, 0.25) is 0 Å². The molecule has 0 aliphatic carbocycles. The number of hydrogen-bond acceptors (Lipinski definition) is 3. The predicted molar refractivity (Wildman–Crippen MR) is 46.2 cm³/mol. The van der Waals surface area contributed by atoms with Gasteiger partial charge in [0.05, 0.1) is 6.04 Å². The highest BCUT2D eigenvalue weighted by atomic mass is 16.1. The monoisotopic (exact) mass is 158 g/mol. The summed E-state index contributed by atoms with van der Waals surface area (Å²) in [4.78, 5) is 11.1.